The highest BCUT2D eigenvalue weighted by molar-refractivity contribution is 5.96. The Labute approximate surface area is 295 Å². The van der Waals surface area contributed by atoms with E-state index >= 15 is 0 Å². The van der Waals surface area contributed by atoms with E-state index in [1.54, 1.807) is 38.1 Å². The van der Waals surface area contributed by atoms with Gasteiger partial charge in [-0.1, -0.05) is 84.9 Å². The Morgan fingerprint density at radius 1 is 0.804 bits per heavy atom. The van der Waals surface area contributed by atoms with Crippen LogP contribution in [0, 0.1) is 0 Å². The number of amides is 2. The molecule has 0 aliphatic carbocycles. The van der Waals surface area contributed by atoms with Gasteiger partial charge in [0, 0.05) is 49.8 Å². The van der Waals surface area contributed by atoms with Crippen molar-refractivity contribution in [3.63, 3.8) is 0 Å². The summed E-state index contributed by atoms with van der Waals surface area (Å²) in [7, 11) is 0. The molecule has 6 rings (SSSR count). The van der Waals surface area contributed by atoms with Crippen LogP contribution in [0.5, 0.6) is 0 Å². The van der Waals surface area contributed by atoms with Crippen LogP contribution in [0.4, 0.5) is 13.2 Å². The first kappa shape index (κ1) is 35.6. The summed E-state index contributed by atoms with van der Waals surface area (Å²) in [4.78, 5) is 46.0. The van der Waals surface area contributed by atoms with E-state index in [1.807, 2.05) is 41.3 Å². The predicted molar refractivity (Wildman–Crippen MR) is 187 cm³/mol. The van der Waals surface area contributed by atoms with Crippen molar-refractivity contribution in [2.75, 3.05) is 32.8 Å². The first-order valence-corrected chi connectivity index (χ1v) is 17.1. The number of alkyl halides is 3. The lowest BCUT2D eigenvalue weighted by atomic mass is 9.83. The molecule has 2 heterocycles. The van der Waals surface area contributed by atoms with Gasteiger partial charge in [0.05, 0.1) is 30.3 Å². The number of esters is 1. The molecule has 1 saturated heterocycles. The number of benzene rings is 4. The molecule has 0 N–H and O–H groups in total. The number of hydrogen-bond donors (Lipinski definition) is 0. The molecule has 264 valence electrons. The van der Waals surface area contributed by atoms with Crippen molar-refractivity contribution in [2.45, 2.75) is 44.9 Å². The fourth-order valence-corrected chi connectivity index (χ4v) is 7.05. The fraction of sp³-hybridized carbons (Fsp3) is 0.293. The summed E-state index contributed by atoms with van der Waals surface area (Å²) in [5, 5.41) is 0. The number of rotatable bonds is 9. The summed E-state index contributed by atoms with van der Waals surface area (Å²) in [5.74, 6) is -1.69. The van der Waals surface area contributed by atoms with Crippen molar-refractivity contribution in [3.05, 3.63) is 154 Å². The zero-order chi connectivity index (χ0) is 36.1. The van der Waals surface area contributed by atoms with Crippen LogP contribution in [0.25, 0.3) is 0 Å². The monoisotopic (exact) mass is 695 g/mol. The first-order valence-electron chi connectivity index (χ1n) is 17.1. The van der Waals surface area contributed by atoms with E-state index in [1.165, 1.54) is 28.2 Å². The lowest BCUT2D eigenvalue weighted by Crippen LogP contribution is -2.49. The molecule has 0 bridgehead atoms. The maximum absolute atomic E-state index is 13.6. The van der Waals surface area contributed by atoms with E-state index in [4.69, 9.17) is 4.74 Å². The molecule has 0 radical (unpaired) electrons. The second-order valence-electron chi connectivity index (χ2n) is 12.8. The summed E-state index contributed by atoms with van der Waals surface area (Å²) >= 11 is 0. The van der Waals surface area contributed by atoms with Gasteiger partial charge in [-0.2, -0.15) is 13.2 Å². The molecule has 10 heteroatoms. The van der Waals surface area contributed by atoms with Gasteiger partial charge >= 0.3 is 12.1 Å². The van der Waals surface area contributed by atoms with Crippen LogP contribution >= 0.6 is 0 Å². The molecule has 0 spiro atoms. The molecule has 0 aromatic heterocycles. The predicted octanol–water partition coefficient (Wildman–Crippen LogP) is 7.61. The SMILES string of the molecule is CCOC(=O)C1=C(C)N(Cc2ccc(C(=O)N3CCN(C(c4ccccc4)c4ccccc4)CC3)cc2)C(=O)CC1c1ccc(C(F)(F)F)cc1. The van der Waals surface area contributed by atoms with Gasteiger partial charge in [0.2, 0.25) is 5.91 Å². The third-order valence-electron chi connectivity index (χ3n) is 9.70. The molecular weight excluding hydrogens is 655 g/mol. The largest absolute Gasteiger partial charge is 0.463 e. The van der Waals surface area contributed by atoms with Crippen molar-refractivity contribution in [1.82, 2.24) is 14.7 Å². The van der Waals surface area contributed by atoms with Crippen molar-refractivity contribution in [2.24, 2.45) is 0 Å². The lowest BCUT2D eigenvalue weighted by molar-refractivity contribution is -0.140. The fourth-order valence-electron chi connectivity index (χ4n) is 7.05. The van der Waals surface area contributed by atoms with Crippen LogP contribution < -0.4 is 0 Å². The lowest BCUT2D eigenvalue weighted by Gasteiger charge is -2.39. The Morgan fingerprint density at radius 2 is 1.37 bits per heavy atom. The van der Waals surface area contributed by atoms with Gasteiger partial charge in [0.25, 0.3) is 5.91 Å². The molecular formula is C41H40F3N3O4. The Hall–Kier alpha value is -5.22. The van der Waals surface area contributed by atoms with Gasteiger partial charge in [-0.05, 0) is 60.4 Å². The number of ether oxygens (including phenoxy) is 1. The van der Waals surface area contributed by atoms with Crippen LogP contribution in [0.2, 0.25) is 0 Å². The molecule has 51 heavy (non-hydrogen) atoms. The minimum atomic E-state index is -4.50. The third-order valence-corrected chi connectivity index (χ3v) is 9.70. The van der Waals surface area contributed by atoms with Crippen LogP contribution in [0.15, 0.2) is 120 Å². The topological polar surface area (TPSA) is 70.2 Å². The molecule has 2 amide bonds. The molecule has 2 aliphatic rings. The van der Waals surface area contributed by atoms with Gasteiger partial charge in [-0.15, -0.1) is 0 Å². The van der Waals surface area contributed by atoms with Gasteiger partial charge in [0.1, 0.15) is 0 Å². The van der Waals surface area contributed by atoms with E-state index in [0.29, 0.717) is 29.9 Å². The smallest absolute Gasteiger partial charge is 0.416 e. The summed E-state index contributed by atoms with van der Waals surface area (Å²) in [6.45, 7) is 6.18. The highest BCUT2D eigenvalue weighted by atomic mass is 19.4. The molecule has 7 nitrogen and oxygen atoms in total. The second kappa shape index (κ2) is 15.3. The Kier molecular flexibility index (Phi) is 10.7. The Morgan fingerprint density at radius 3 is 1.90 bits per heavy atom. The van der Waals surface area contributed by atoms with Crippen LogP contribution in [0.3, 0.4) is 0 Å². The average Bonchev–Trinajstić information content (AvgIpc) is 3.14. The van der Waals surface area contributed by atoms with Crippen LogP contribution in [-0.4, -0.2) is 65.3 Å². The summed E-state index contributed by atoms with van der Waals surface area (Å²) < 4.78 is 44.9. The van der Waals surface area contributed by atoms with Crippen molar-refractivity contribution in [1.29, 1.82) is 0 Å². The molecule has 2 aliphatic heterocycles. The van der Waals surface area contributed by atoms with E-state index in [-0.39, 0.29) is 43.0 Å². The van der Waals surface area contributed by atoms with E-state index < -0.39 is 23.6 Å². The standard InChI is InChI=1S/C41H40F3N3O4/c1-3-51-40(50)37-28(2)47(36(48)26-35(37)30-18-20-34(21-19-30)41(42,43)44)27-29-14-16-33(17-15-29)39(49)46-24-22-45(23-25-46)38(31-10-6-4-7-11-31)32-12-8-5-9-13-32/h4-21,35,38H,3,22-27H2,1-2H3. The van der Waals surface area contributed by atoms with Crippen LogP contribution in [-0.2, 0) is 27.0 Å². The molecule has 1 fully saturated rings. The maximum Gasteiger partial charge on any atom is 0.416 e. The minimum absolute atomic E-state index is 0.0636. The number of allylic oxidation sites excluding steroid dienone is 1. The molecule has 1 unspecified atom stereocenters. The highest BCUT2D eigenvalue weighted by Crippen LogP contribution is 2.39. The van der Waals surface area contributed by atoms with E-state index in [0.717, 1.165) is 30.8 Å². The highest BCUT2D eigenvalue weighted by Gasteiger charge is 2.38. The summed E-state index contributed by atoms with van der Waals surface area (Å²) in [6, 6.07) is 32.5. The van der Waals surface area contributed by atoms with Gasteiger partial charge in [-0.3, -0.25) is 14.5 Å². The van der Waals surface area contributed by atoms with E-state index in [9.17, 15) is 27.6 Å². The van der Waals surface area contributed by atoms with Crippen LogP contribution in [0.1, 0.15) is 70.4 Å². The number of nitrogens with zero attached hydrogens (tertiary/aromatic N) is 3. The van der Waals surface area contributed by atoms with Crippen molar-refractivity contribution < 1.29 is 32.3 Å². The quantitative estimate of drug-likeness (QED) is 0.169. The van der Waals surface area contributed by atoms with Crippen molar-refractivity contribution in [3.8, 4) is 0 Å². The number of carbonyl (C=O) groups is 3. The molecule has 4 aromatic carbocycles. The Bertz CT molecular complexity index is 1830. The molecule has 4 aromatic rings. The van der Waals surface area contributed by atoms with Gasteiger partial charge < -0.3 is 14.5 Å². The number of piperazine rings is 1. The molecule has 1 atom stereocenters. The van der Waals surface area contributed by atoms with Gasteiger partial charge in [-0.25, -0.2) is 4.79 Å². The maximum atomic E-state index is 13.6. The minimum Gasteiger partial charge on any atom is -0.463 e. The normalized spacial score (nSPS) is 17.2. The third kappa shape index (κ3) is 7.91. The zero-order valence-electron chi connectivity index (χ0n) is 28.6. The summed E-state index contributed by atoms with van der Waals surface area (Å²) in [6.07, 6.45) is -4.61. The van der Waals surface area contributed by atoms with Crippen molar-refractivity contribution >= 4 is 17.8 Å². The average molecular weight is 696 g/mol. The second-order valence-corrected chi connectivity index (χ2v) is 12.8. The zero-order valence-corrected chi connectivity index (χ0v) is 28.6. The number of carbonyl (C=O) groups excluding carboxylic acids is 3. The molecule has 0 saturated carbocycles. The first-order chi connectivity index (χ1) is 24.5. The number of halogens is 3. The summed E-state index contributed by atoms with van der Waals surface area (Å²) in [5.41, 5.74) is 3.97. The Balaban J connectivity index is 1.14. The van der Waals surface area contributed by atoms with E-state index in [2.05, 4.69) is 29.2 Å². The number of hydrogen-bond acceptors (Lipinski definition) is 5. The van der Waals surface area contributed by atoms with Gasteiger partial charge in [0.15, 0.2) is 0 Å².